The fourth-order valence-electron chi connectivity index (χ4n) is 1.99. The molecule has 2 aromatic rings. The van der Waals surface area contributed by atoms with Gasteiger partial charge in [0.25, 0.3) is 0 Å². The molecule has 0 aliphatic carbocycles. The van der Waals surface area contributed by atoms with Crippen LogP contribution in [0.3, 0.4) is 0 Å². The van der Waals surface area contributed by atoms with Crippen LogP contribution in [0.2, 0.25) is 0 Å². The average Bonchev–Trinajstić information content (AvgIpc) is 2.47. The molecule has 0 radical (unpaired) electrons. The minimum absolute atomic E-state index is 0.0246. The summed E-state index contributed by atoms with van der Waals surface area (Å²) in [5.41, 5.74) is 6.14. The predicted octanol–water partition coefficient (Wildman–Crippen LogP) is 1.72. The van der Waals surface area contributed by atoms with E-state index in [9.17, 15) is 12.8 Å². The van der Waals surface area contributed by atoms with E-state index < -0.39 is 21.9 Å². The number of sulfonamides is 1. The van der Waals surface area contributed by atoms with Gasteiger partial charge >= 0.3 is 0 Å². The number of nitrogens with two attached hydrogens (primary N) is 1. The molecule has 1 aromatic carbocycles. The molecule has 21 heavy (non-hydrogen) atoms. The minimum Gasteiger partial charge on any atom is -0.326 e. The summed E-state index contributed by atoms with van der Waals surface area (Å²) < 4.78 is 40.9. The molecule has 0 aliphatic heterocycles. The first-order valence-electron chi connectivity index (χ1n) is 6.35. The SMILES string of the molecule is CC(NS(=O)(=O)c1cccc(F)c1CN)c1cccnc1. The molecule has 1 aromatic heterocycles. The van der Waals surface area contributed by atoms with Gasteiger partial charge in [-0.3, -0.25) is 4.98 Å². The van der Waals surface area contributed by atoms with Gasteiger partial charge in [0.15, 0.2) is 0 Å². The van der Waals surface area contributed by atoms with Gasteiger partial charge in [-0.05, 0) is 30.7 Å². The number of aromatic nitrogens is 1. The Morgan fingerprint density at radius 1 is 1.33 bits per heavy atom. The molecule has 3 N–H and O–H groups in total. The number of hydrogen-bond acceptors (Lipinski definition) is 4. The quantitative estimate of drug-likeness (QED) is 0.880. The summed E-state index contributed by atoms with van der Waals surface area (Å²) in [6.07, 6.45) is 3.17. The highest BCUT2D eigenvalue weighted by molar-refractivity contribution is 7.89. The van der Waals surface area contributed by atoms with E-state index in [1.807, 2.05) is 0 Å². The van der Waals surface area contributed by atoms with Crippen molar-refractivity contribution in [3.63, 3.8) is 0 Å². The van der Waals surface area contributed by atoms with Crippen LogP contribution in [0.25, 0.3) is 0 Å². The van der Waals surface area contributed by atoms with Crippen LogP contribution < -0.4 is 10.5 Å². The highest BCUT2D eigenvalue weighted by atomic mass is 32.2. The zero-order chi connectivity index (χ0) is 15.5. The van der Waals surface area contributed by atoms with E-state index in [0.29, 0.717) is 5.56 Å². The second-order valence-corrected chi connectivity index (χ2v) is 6.23. The van der Waals surface area contributed by atoms with Gasteiger partial charge in [0, 0.05) is 30.5 Å². The smallest absolute Gasteiger partial charge is 0.241 e. The number of nitrogens with zero attached hydrogens (tertiary/aromatic N) is 1. The first-order valence-corrected chi connectivity index (χ1v) is 7.83. The van der Waals surface area contributed by atoms with Crippen LogP contribution >= 0.6 is 0 Å². The number of nitrogens with one attached hydrogen (secondary N) is 1. The molecule has 0 saturated heterocycles. The van der Waals surface area contributed by atoms with Gasteiger partial charge in [-0.25, -0.2) is 17.5 Å². The Balaban J connectivity index is 2.33. The molecule has 0 fully saturated rings. The van der Waals surface area contributed by atoms with E-state index >= 15 is 0 Å². The van der Waals surface area contributed by atoms with Crippen molar-refractivity contribution in [1.29, 1.82) is 0 Å². The molecule has 0 saturated carbocycles. The third kappa shape index (κ3) is 3.44. The van der Waals surface area contributed by atoms with Gasteiger partial charge in [-0.15, -0.1) is 0 Å². The van der Waals surface area contributed by atoms with E-state index in [4.69, 9.17) is 5.73 Å². The molecule has 0 amide bonds. The van der Waals surface area contributed by atoms with Crippen molar-refractivity contribution < 1.29 is 12.8 Å². The number of pyridine rings is 1. The van der Waals surface area contributed by atoms with Gasteiger partial charge in [0.05, 0.1) is 4.90 Å². The fourth-order valence-corrected chi connectivity index (χ4v) is 3.48. The summed E-state index contributed by atoms with van der Waals surface area (Å²) in [6, 6.07) is 6.86. The summed E-state index contributed by atoms with van der Waals surface area (Å²) in [6.45, 7) is 1.50. The fraction of sp³-hybridized carbons (Fsp3) is 0.214. The van der Waals surface area contributed by atoms with Crippen molar-refractivity contribution in [2.75, 3.05) is 0 Å². The lowest BCUT2D eigenvalue weighted by Gasteiger charge is -2.16. The molecule has 112 valence electrons. The molecule has 2 rings (SSSR count). The maximum atomic E-state index is 13.7. The van der Waals surface area contributed by atoms with Crippen molar-refractivity contribution in [3.8, 4) is 0 Å². The molecular formula is C14H16FN3O2S. The summed E-state index contributed by atoms with van der Waals surface area (Å²) in [4.78, 5) is 3.80. The van der Waals surface area contributed by atoms with Gasteiger partial charge in [-0.2, -0.15) is 0 Å². The van der Waals surface area contributed by atoms with E-state index in [0.717, 1.165) is 0 Å². The second kappa shape index (κ2) is 6.30. The highest BCUT2D eigenvalue weighted by Crippen LogP contribution is 2.21. The van der Waals surface area contributed by atoms with E-state index in [2.05, 4.69) is 9.71 Å². The monoisotopic (exact) mass is 309 g/mol. The molecule has 0 spiro atoms. The van der Waals surface area contributed by atoms with Gasteiger partial charge < -0.3 is 5.73 Å². The molecular weight excluding hydrogens is 293 g/mol. The Morgan fingerprint density at radius 3 is 2.71 bits per heavy atom. The number of halogens is 1. The first-order chi connectivity index (χ1) is 9.95. The number of benzene rings is 1. The first kappa shape index (κ1) is 15.6. The average molecular weight is 309 g/mol. The predicted molar refractivity (Wildman–Crippen MR) is 77.3 cm³/mol. The number of rotatable bonds is 5. The maximum absolute atomic E-state index is 13.7. The van der Waals surface area contributed by atoms with E-state index in [-0.39, 0.29) is 17.0 Å². The molecule has 0 aliphatic rings. The van der Waals surface area contributed by atoms with Crippen LogP contribution in [0.4, 0.5) is 4.39 Å². The Kier molecular flexibility index (Phi) is 4.66. The van der Waals surface area contributed by atoms with Crippen molar-refractivity contribution in [2.45, 2.75) is 24.4 Å². The third-order valence-electron chi connectivity index (χ3n) is 3.09. The van der Waals surface area contributed by atoms with Gasteiger partial charge in [0.2, 0.25) is 10.0 Å². The maximum Gasteiger partial charge on any atom is 0.241 e. The van der Waals surface area contributed by atoms with Gasteiger partial charge in [0.1, 0.15) is 5.82 Å². The Labute approximate surface area is 123 Å². The Bertz CT molecular complexity index is 720. The lowest BCUT2D eigenvalue weighted by molar-refractivity contribution is 0.559. The van der Waals surface area contributed by atoms with Crippen LogP contribution in [0.15, 0.2) is 47.6 Å². The van der Waals surface area contributed by atoms with Crippen LogP contribution in [0.5, 0.6) is 0 Å². The highest BCUT2D eigenvalue weighted by Gasteiger charge is 2.22. The molecule has 1 unspecified atom stereocenters. The second-order valence-electron chi connectivity index (χ2n) is 4.55. The minimum atomic E-state index is -3.87. The summed E-state index contributed by atoms with van der Waals surface area (Å²) >= 11 is 0. The molecule has 0 bridgehead atoms. The van der Waals surface area contributed by atoms with Crippen LogP contribution in [0, 0.1) is 5.82 Å². The Hall–Kier alpha value is -1.83. The van der Waals surface area contributed by atoms with Crippen molar-refractivity contribution in [1.82, 2.24) is 9.71 Å². The summed E-state index contributed by atoms with van der Waals surface area (Å²) in [5.74, 6) is -0.630. The topological polar surface area (TPSA) is 85.1 Å². The lowest BCUT2D eigenvalue weighted by atomic mass is 10.2. The standard InChI is InChI=1S/C14H16FN3O2S/c1-10(11-4-3-7-17-9-11)18-21(19,20)14-6-2-5-13(15)12(14)8-16/h2-7,9-10,18H,8,16H2,1H3. The molecule has 7 heteroatoms. The Morgan fingerprint density at radius 2 is 2.10 bits per heavy atom. The van der Waals surface area contributed by atoms with E-state index in [1.165, 1.54) is 18.2 Å². The number of hydrogen-bond donors (Lipinski definition) is 2. The van der Waals surface area contributed by atoms with Gasteiger partial charge in [-0.1, -0.05) is 12.1 Å². The van der Waals surface area contributed by atoms with Crippen LogP contribution in [-0.4, -0.2) is 13.4 Å². The molecule has 5 nitrogen and oxygen atoms in total. The summed E-state index contributed by atoms with van der Waals surface area (Å²) in [7, 11) is -3.87. The summed E-state index contributed by atoms with van der Waals surface area (Å²) in [5, 5.41) is 0. The molecule has 1 heterocycles. The van der Waals surface area contributed by atoms with Crippen LogP contribution in [-0.2, 0) is 16.6 Å². The zero-order valence-electron chi connectivity index (χ0n) is 11.5. The van der Waals surface area contributed by atoms with Crippen molar-refractivity contribution in [2.24, 2.45) is 5.73 Å². The van der Waals surface area contributed by atoms with Crippen molar-refractivity contribution >= 4 is 10.0 Å². The third-order valence-corrected chi connectivity index (χ3v) is 4.71. The van der Waals surface area contributed by atoms with E-state index in [1.54, 1.807) is 31.5 Å². The van der Waals surface area contributed by atoms with Crippen molar-refractivity contribution in [3.05, 3.63) is 59.7 Å². The zero-order valence-corrected chi connectivity index (χ0v) is 12.3. The lowest BCUT2D eigenvalue weighted by Crippen LogP contribution is -2.28. The normalized spacial score (nSPS) is 13.1. The molecule has 1 atom stereocenters. The largest absolute Gasteiger partial charge is 0.326 e. The van der Waals surface area contributed by atoms with Crippen LogP contribution in [0.1, 0.15) is 24.1 Å².